The average molecular weight is 271 g/mol. The first-order valence-corrected chi connectivity index (χ1v) is 7.14. The van der Waals surface area contributed by atoms with E-state index < -0.39 is 0 Å². The molecule has 1 aliphatic rings. The van der Waals surface area contributed by atoms with Gasteiger partial charge in [0.1, 0.15) is 0 Å². The summed E-state index contributed by atoms with van der Waals surface area (Å²) in [5, 5.41) is 0. The van der Waals surface area contributed by atoms with Gasteiger partial charge in [0.05, 0.1) is 25.0 Å². The van der Waals surface area contributed by atoms with E-state index in [-0.39, 0.29) is 23.8 Å². The van der Waals surface area contributed by atoms with Gasteiger partial charge in [-0.3, -0.25) is 9.59 Å². The van der Waals surface area contributed by atoms with Crippen LogP contribution in [-0.4, -0.2) is 49.7 Å². The van der Waals surface area contributed by atoms with Crippen molar-refractivity contribution in [1.82, 2.24) is 4.90 Å². The summed E-state index contributed by atoms with van der Waals surface area (Å²) in [6.45, 7) is 8.59. The molecule has 0 aromatic heterocycles. The normalized spacial score (nSPS) is 21.7. The van der Waals surface area contributed by atoms with Gasteiger partial charge in [0.15, 0.2) is 0 Å². The molecule has 0 aliphatic carbocycles. The molecule has 2 unspecified atom stereocenters. The fourth-order valence-corrected chi connectivity index (χ4v) is 2.42. The maximum atomic E-state index is 11.7. The third-order valence-electron chi connectivity index (χ3n) is 3.35. The van der Waals surface area contributed by atoms with Crippen LogP contribution in [0.15, 0.2) is 0 Å². The third kappa shape index (κ3) is 5.19. The van der Waals surface area contributed by atoms with E-state index in [0.717, 1.165) is 19.4 Å². The molecule has 0 aromatic carbocycles. The molecule has 1 fully saturated rings. The van der Waals surface area contributed by atoms with Crippen molar-refractivity contribution in [3.63, 3.8) is 0 Å². The molecule has 1 heterocycles. The summed E-state index contributed by atoms with van der Waals surface area (Å²) in [6, 6.07) is 0. The summed E-state index contributed by atoms with van der Waals surface area (Å²) in [6.07, 6.45) is 1.85. The Morgan fingerprint density at radius 3 is 2.58 bits per heavy atom. The lowest BCUT2D eigenvalue weighted by molar-refractivity contribution is -0.150. The van der Waals surface area contributed by atoms with Gasteiger partial charge in [0.2, 0.25) is 0 Å². The van der Waals surface area contributed by atoms with Crippen LogP contribution >= 0.6 is 0 Å². The molecule has 5 heteroatoms. The molecule has 0 radical (unpaired) electrons. The zero-order valence-electron chi connectivity index (χ0n) is 12.2. The molecule has 0 spiro atoms. The summed E-state index contributed by atoms with van der Waals surface area (Å²) in [7, 11) is 0. The Balaban J connectivity index is 2.42. The number of ether oxygens (including phenoxy) is 2. The van der Waals surface area contributed by atoms with E-state index in [1.165, 1.54) is 0 Å². The zero-order valence-corrected chi connectivity index (χ0v) is 12.2. The fourth-order valence-electron chi connectivity index (χ4n) is 2.42. The zero-order chi connectivity index (χ0) is 14.3. The summed E-state index contributed by atoms with van der Waals surface area (Å²) >= 11 is 0. The van der Waals surface area contributed by atoms with Crippen molar-refractivity contribution in [2.24, 2.45) is 11.8 Å². The first-order chi connectivity index (χ1) is 9.08. The van der Waals surface area contributed by atoms with Crippen molar-refractivity contribution in [2.45, 2.75) is 33.6 Å². The minimum Gasteiger partial charge on any atom is -0.466 e. The predicted molar refractivity (Wildman–Crippen MR) is 71.6 cm³/mol. The molecule has 1 saturated heterocycles. The maximum Gasteiger partial charge on any atom is 0.310 e. The monoisotopic (exact) mass is 271 g/mol. The fraction of sp³-hybridized carbons (Fsp3) is 0.857. The lowest BCUT2D eigenvalue weighted by Gasteiger charge is -2.32. The van der Waals surface area contributed by atoms with Crippen LogP contribution in [-0.2, 0) is 19.1 Å². The molecule has 0 aromatic rings. The van der Waals surface area contributed by atoms with Crippen molar-refractivity contribution < 1.29 is 19.1 Å². The second-order valence-electron chi connectivity index (χ2n) is 5.00. The summed E-state index contributed by atoms with van der Waals surface area (Å²) in [5.41, 5.74) is 0. The van der Waals surface area contributed by atoms with Crippen molar-refractivity contribution in [3.8, 4) is 0 Å². The lowest BCUT2D eigenvalue weighted by atomic mass is 9.97. The molecule has 0 amide bonds. The highest BCUT2D eigenvalue weighted by Crippen LogP contribution is 2.19. The van der Waals surface area contributed by atoms with E-state index in [9.17, 15) is 9.59 Å². The molecule has 0 saturated carbocycles. The lowest BCUT2D eigenvalue weighted by Crippen LogP contribution is -2.42. The van der Waals surface area contributed by atoms with E-state index in [0.29, 0.717) is 26.3 Å². The highest BCUT2D eigenvalue weighted by Gasteiger charge is 2.28. The molecule has 19 heavy (non-hydrogen) atoms. The molecular weight excluding hydrogens is 246 g/mol. The van der Waals surface area contributed by atoms with E-state index in [2.05, 4.69) is 4.90 Å². The quantitative estimate of drug-likeness (QED) is 0.685. The standard InChI is InChI=1S/C14H25NO4/c1-4-18-13(16)11(3)9-15-8-6-7-12(10-15)14(17)19-5-2/h11-12H,4-10H2,1-3H3. The molecule has 5 nitrogen and oxygen atoms in total. The molecular formula is C14H25NO4. The largest absolute Gasteiger partial charge is 0.466 e. The van der Waals surface area contributed by atoms with Gasteiger partial charge in [0.25, 0.3) is 0 Å². The van der Waals surface area contributed by atoms with E-state index in [4.69, 9.17) is 9.47 Å². The first-order valence-electron chi connectivity index (χ1n) is 7.14. The van der Waals surface area contributed by atoms with Crippen molar-refractivity contribution in [1.29, 1.82) is 0 Å². The molecule has 110 valence electrons. The van der Waals surface area contributed by atoms with Crippen LogP contribution in [0, 0.1) is 11.8 Å². The SMILES string of the molecule is CCOC(=O)C(C)CN1CCCC(C(=O)OCC)C1. The highest BCUT2D eigenvalue weighted by atomic mass is 16.5. The number of nitrogens with zero attached hydrogens (tertiary/aromatic N) is 1. The number of hydrogen-bond donors (Lipinski definition) is 0. The number of rotatable bonds is 6. The minimum absolute atomic E-state index is 0.0527. The Hall–Kier alpha value is -1.10. The van der Waals surface area contributed by atoms with E-state index >= 15 is 0 Å². The van der Waals surface area contributed by atoms with Gasteiger partial charge in [0, 0.05) is 13.1 Å². The third-order valence-corrected chi connectivity index (χ3v) is 3.35. The van der Waals surface area contributed by atoms with Crippen LogP contribution in [0.5, 0.6) is 0 Å². The van der Waals surface area contributed by atoms with Crippen LogP contribution in [0.4, 0.5) is 0 Å². The number of esters is 2. The van der Waals surface area contributed by atoms with E-state index in [1.54, 1.807) is 0 Å². The second-order valence-corrected chi connectivity index (χ2v) is 5.00. The maximum absolute atomic E-state index is 11.7. The summed E-state index contributed by atoms with van der Waals surface area (Å²) < 4.78 is 10.1. The van der Waals surface area contributed by atoms with Gasteiger partial charge in [-0.1, -0.05) is 6.92 Å². The van der Waals surface area contributed by atoms with Gasteiger partial charge in [-0.25, -0.2) is 0 Å². The number of carbonyl (C=O) groups is 2. The molecule has 1 aliphatic heterocycles. The highest BCUT2D eigenvalue weighted by molar-refractivity contribution is 5.73. The Labute approximate surface area is 115 Å². The number of carbonyl (C=O) groups excluding carboxylic acids is 2. The van der Waals surface area contributed by atoms with E-state index in [1.807, 2.05) is 20.8 Å². The van der Waals surface area contributed by atoms with Gasteiger partial charge < -0.3 is 14.4 Å². The average Bonchev–Trinajstić information content (AvgIpc) is 2.39. The van der Waals surface area contributed by atoms with Gasteiger partial charge in [-0.15, -0.1) is 0 Å². The number of piperidine rings is 1. The van der Waals surface area contributed by atoms with Crippen LogP contribution < -0.4 is 0 Å². The van der Waals surface area contributed by atoms with Crippen LogP contribution in [0.2, 0.25) is 0 Å². The van der Waals surface area contributed by atoms with Crippen molar-refractivity contribution in [2.75, 3.05) is 32.8 Å². The molecule has 1 rings (SSSR count). The summed E-state index contributed by atoms with van der Waals surface area (Å²) in [4.78, 5) is 25.5. The Kier molecular flexibility index (Phi) is 6.84. The molecule has 0 N–H and O–H groups in total. The Morgan fingerprint density at radius 1 is 1.26 bits per heavy atom. The molecule has 2 atom stereocenters. The second kappa shape index (κ2) is 8.15. The van der Waals surface area contributed by atoms with Crippen LogP contribution in [0.3, 0.4) is 0 Å². The summed E-state index contributed by atoms with van der Waals surface area (Å²) in [5.74, 6) is -0.485. The smallest absolute Gasteiger partial charge is 0.310 e. The van der Waals surface area contributed by atoms with Crippen molar-refractivity contribution in [3.05, 3.63) is 0 Å². The van der Waals surface area contributed by atoms with Gasteiger partial charge in [-0.2, -0.15) is 0 Å². The van der Waals surface area contributed by atoms with Crippen LogP contribution in [0.1, 0.15) is 33.6 Å². The predicted octanol–water partition coefficient (Wildman–Crippen LogP) is 1.46. The van der Waals surface area contributed by atoms with Gasteiger partial charge in [-0.05, 0) is 33.2 Å². The Morgan fingerprint density at radius 2 is 1.95 bits per heavy atom. The number of likely N-dealkylation sites (tertiary alicyclic amines) is 1. The van der Waals surface area contributed by atoms with Crippen LogP contribution in [0.25, 0.3) is 0 Å². The Bertz CT molecular complexity index is 304. The topological polar surface area (TPSA) is 55.8 Å². The minimum atomic E-state index is -0.166. The van der Waals surface area contributed by atoms with Crippen molar-refractivity contribution >= 4 is 11.9 Å². The number of hydrogen-bond acceptors (Lipinski definition) is 5. The van der Waals surface area contributed by atoms with Gasteiger partial charge >= 0.3 is 11.9 Å². The first kappa shape index (κ1) is 16.0. The molecule has 0 bridgehead atoms.